The van der Waals surface area contributed by atoms with Crippen molar-refractivity contribution in [1.29, 1.82) is 0 Å². The lowest BCUT2D eigenvalue weighted by molar-refractivity contribution is 0.0124. The molecular weight excluding hydrogens is 312 g/mol. The number of amides is 1. The van der Waals surface area contributed by atoms with Crippen LogP contribution in [0, 0.1) is 12.8 Å². The molecule has 1 fully saturated rings. The first-order valence-electron chi connectivity index (χ1n) is 8.27. The van der Waals surface area contributed by atoms with Gasteiger partial charge >= 0.3 is 0 Å². The second-order valence-electron chi connectivity index (χ2n) is 6.36. The highest BCUT2D eigenvalue weighted by Gasteiger charge is 2.24. The molecule has 130 valence electrons. The van der Waals surface area contributed by atoms with E-state index in [9.17, 15) is 4.79 Å². The van der Waals surface area contributed by atoms with E-state index in [2.05, 4.69) is 33.8 Å². The van der Waals surface area contributed by atoms with E-state index in [-0.39, 0.29) is 5.91 Å². The minimum absolute atomic E-state index is 0.0392. The molecule has 7 heteroatoms. The van der Waals surface area contributed by atoms with Gasteiger partial charge in [-0.2, -0.15) is 4.37 Å². The van der Waals surface area contributed by atoms with Gasteiger partial charge in [0.15, 0.2) is 0 Å². The highest BCUT2D eigenvalue weighted by atomic mass is 32.1. The molecule has 1 aliphatic rings. The number of nitrogens with zero attached hydrogens (tertiary/aromatic N) is 2. The normalized spacial score (nSPS) is 17.3. The Morgan fingerprint density at radius 1 is 1.39 bits per heavy atom. The van der Waals surface area contributed by atoms with Crippen LogP contribution in [0.5, 0.6) is 0 Å². The molecule has 2 rings (SSSR count). The summed E-state index contributed by atoms with van der Waals surface area (Å²) in [5.41, 5.74) is 1.45. The molecule has 1 unspecified atom stereocenters. The van der Waals surface area contributed by atoms with Gasteiger partial charge in [-0.15, -0.1) is 0 Å². The average molecular weight is 340 g/mol. The van der Waals surface area contributed by atoms with Gasteiger partial charge in [0.05, 0.1) is 24.5 Å². The number of carbonyl (C=O) groups excluding carboxylic acids is 1. The molecule has 23 heavy (non-hydrogen) atoms. The molecule has 1 aromatic rings. The summed E-state index contributed by atoms with van der Waals surface area (Å²) in [5.74, 6) is 0.555. The molecule has 1 saturated heterocycles. The Kier molecular flexibility index (Phi) is 6.80. The molecule has 1 aromatic heterocycles. The molecule has 1 aliphatic heterocycles. The van der Waals surface area contributed by atoms with E-state index in [1.54, 1.807) is 0 Å². The van der Waals surface area contributed by atoms with Crippen molar-refractivity contribution in [3.05, 3.63) is 11.3 Å². The molecule has 0 aromatic carbocycles. The van der Waals surface area contributed by atoms with Gasteiger partial charge in [-0.3, -0.25) is 9.69 Å². The zero-order valence-corrected chi connectivity index (χ0v) is 15.3. The monoisotopic (exact) mass is 340 g/mol. The number of hydrogen-bond donors (Lipinski definition) is 2. The van der Waals surface area contributed by atoms with E-state index in [4.69, 9.17) is 4.74 Å². The zero-order valence-electron chi connectivity index (χ0n) is 14.5. The minimum Gasteiger partial charge on any atom is -0.379 e. The Hall–Kier alpha value is -1.18. The first-order valence-corrected chi connectivity index (χ1v) is 9.04. The van der Waals surface area contributed by atoms with E-state index in [0.717, 1.165) is 43.4 Å². The van der Waals surface area contributed by atoms with Crippen LogP contribution in [-0.2, 0) is 4.74 Å². The van der Waals surface area contributed by atoms with Crippen LogP contribution in [-0.4, -0.2) is 61.1 Å². The summed E-state index contributed by atoms with van der Waals surface area (Å²) in [4.78, 5) is 15.0. The number of aromatic nitrogens is 1. The summed E-state index contributed by atoms with van der Waals surface area (Å²) in [5, 5.41) is 6.98. The summed E-state index contributed by atoms with van der Waals surface area (Å²) in [6.45, 7) is 10.4. The van der Waals surface area contributed by atoms with Gasteiger partial charge in [-0.25, -0.2) is 0 Å². The predicted octanol–water partition coefficient (Wildman–Crippen LogP) is 1.97. The maximum atomic E-state index is 12.6. The highest BCUT2D eigenvalue weighted by molar-refractivity contribution is 7.10. The number of ether oxygens (including phenoxy) is 1. The van der Waals surface area contributed by atoms with Crippen LogP contribution < -0.4 is 10.6 Å². The largest absolute Gasteiger partial charge is 0.379 e. The summed E-state index contributed by atoms with van der Waals surface area (Å²) >= 11 is 1.33. The van der Waals surface area contributed by atoms with Crippen molar-refractivity contribution in [2.45, 2.75) is 33.2 Å². The van der Waals surface area contributed by atoms with Crippen molar-refractivity contribution in [2.75, 3.05) is 45.2 Å². The summed E-state index contributed by atoms with van der Waals surface area (Å²) in [6, 6.07) is 0.354. The van der Waals surface area contributed by atoms with E-state index < -0.39 is 0 Å². The summed E-state index contributed by atoms with van der Waals surface area (Å²) < 4.78 is 9.71. The Bertz CT molecular complexity index is 512. The third-order valence-corrected chi connectivity index (χ3v) is 5.08. The average Bonchev–Trinajstić information content (AvgIpc) is 2.92. The smallest absolute Gasteiger partial charge is 0.256 e. The van der Waals surface area contributed by atoms with Gasteiger partial charge in [-0.05, 0) is 30.8 Å². The lowest BCUT2D eigenvalue weighted by Crippen LogP contribution is -2.49. The molecule has 6 nitrogen and oxygen atoms in total. The number of carbonyl (C=O) groups is 1. The minimum atomic E-state index is -0.0392. The number of hydrogen-bond acceptors (Lipinski definition) is 6. The first kappa shape index (κ1) is 18.2. The molecule has 1 atom stereocenters. The fourth-order valence-corrected chi connectivity index (χ4v) is 3.70. The quantitative estimate of drug-likeness (QED) is 0.794. The lowest BCUT2D eigenvalue weighted by Gasteiger charge is -2.35. The fraction of sp³-hybridized carbons (Fsp3) is 0.750. The second kappa shape index (κ2) is 8.61. The summed E-state index contributed by atoms with van der Waals surface area (Å²) in [6.07, 6.45) is 1.07. The van der Waals surface area contributed by atoms with Crippen LogP contribution in [0.1, 0.15) is 36.3 Å². The van der Waals surface area contributed by atoms with Crippen molar-refractivity contribution in [3.63, 3.8) is 0 Å². The van der Waals surface area contributed by atoms with Crippen LogP contribution in [0.3, 0.4) is 0 Å². The molecule has 0 radical (unpaired) electrons. The molecule has 0 saturated carbocycles. The number of anilines is 1. The molecule has 0 bridgehead atoms. The Morgan fingerprint density at radius 2 is 2.09 bits per heavy atom. The van der Waals surface area contributed by atoms with Gasteiger partial charge in [0.25, 0.3) is 5.91 Å². The number of nitrogens with one attached hydrogen (secondary N) is 2. The number of morpholine rings is 1. The molecule has 2 heterocycles. The van der Waals surface area contributed by atoms with Crippen LogP contribution >= 0.6 is 11.5 Å². The Balaban J connectivity index is 1.99. The van der Waals surface area contributed by atoms with E-state index in [1.165, 1.54) is 11.5 Å². The number of aryl methyl sites for hydroxylation is 1. The van der Waals surface area contributed by atoms with Crippen molar-refractivity contribution < 1.29 is 9.53 Å². The molecular formula is C16H28N4O2S. The van der Waals surface area contributed by atoms with Crippen LogP contribution in [0.15, 0.2) is 0 Å². The SMILES string of the molecule is CNc1snc(C)c1C(=O)NCC(CC(C)C)N1CCOCC1. The standard InChI is InChI=1S/C16H28N4O2S/c1-11(2)9-13(20-5-7-22-8-6-20)10-18-15(21)14-12(3)19-23-16(14)17-4/h11,13,17H,5-10H2,1-4H3,(H,18,21). The van der Waals surface area contributed by atoms with Crippen molar-refractivity contribution in [3.8, 4) is 0 Å². The van der Waals surface area contributed by atoms with Gasteiger partial charge < -0.3 is 15.4 Å². The van der Waals surface area contributed by atoms with E-state index in [0.29, 0.717) is 24.1 Å². The lowest BCUT2D eigenvalue weighted by atomic mass is 10.0. The maximum absolute atomic E-state index is 12.6. The van der Waals surface area contributed by atoms with Crippen molar-refractivity contribution in [2.24, 2.45) is 5.92 Å². The predicted molar refractivity (Wildman–Crippen MR) is 94.4 cm³/mol. The molecule has 2 N–H and O–H groups in total. The zero-order chi connectivity index (χ0) is 16.8. The van der Waals surface area contributed by atoms with Crippen LogP contribution in [0.25, 0.3) is 0 Å². The van der Waals surface area contributed by atoms with Gasteiger partial charge in [0, 0.05) is 32.7 Å². The van der Waals surface area contributed by atoms with E-state index >= 15 is 0 Å². The van der Waals surface area contributed by atoms with Gasteiger partial charge in [0.2, 0.25) is 0 Å². The molecule has 1 amide bonds. The van der Waals surface area contributed by atoms with Crippen LogP contribution in [0.2, 0.25) is 0 Å². The number of rotatable bonds is 7. The summed E-state index contributed by atoms with van der Waals surface area (Å²) in [7, 11) is 1.82. The third-order valence-electron chi connectivity index (χ3n) is 4.12. The van der Waals surface area contributed by atoms with Crippen molar-refractivity contribution in [1.82, 2.24) is 14.6 Å². The second-order valence-corrected chi connectivity index (χ2v) is 7.14. The topological polar surface area (TPSA) is 66.5 Å². The fourth-order valence-electron chi connectivity index (χ4n) is 2.95. The Morgan fingerprint density at radius 3 is 2.70 bits per heavy atom. The van der Waals surface area contributed by atoms with E-state index in [1.807, 2.05) is 14.0 Å². The van der Waals surface area contributed by atoms with Gasteiger partial charge in [-0.1, -0.05) is 13.8 Å². The molecule has 0 spiro atoms. The highest BCUT2D eigenvalue weighted by Crippen LogP contribution is 2.23. The van der Waals surface area contributed by atoms with Gasteiger partial charge in [0.1, 0.15) is 5.00 Å². The van der Waals surface area contributed by atoms with Crippen molar-refractivity contribution >= 4 is 22.4 Å². The Labute approximate surface area is 142 Å². The first-order chi connectivity index (χ1) is 11.0. The van der Waals surface area contributed by atoms with Crippen LogP contribution in [0.4, 0.5) is 5.00 Å². The molecule has 0 aliphatic carbocycles. The maximum Gasteiger partial charge on any atom is 0.256 e. The third kappa shape index (κ3) is 4.89.